The number of aryl methyl sites for hydroxylation is 1. The molecule has 1 saturated carbocycles. The maximum Gasteiger partial charge on any atom is 0.308 e. The molecule has 1 aliphatic heterocycles. The van der Waals surface area contributed by atoms with E-state index >= 15 is 0 Å². The topological polar surface area (TPSA) is 87.7 Å². The number of hydrogen-bond donors (Lipinski definition) is 2. The number of amides is 2. The summed E-state index contributed by atoms with van der Waals surface area (Å²) in [7, 11) is 0. The molecule has 0 spiro atoms. The molecule has 1 saturated heterocycles. The highest BCUT2D eigenvalue weighted by molar-refractivity contribution is 7.80. The molecule has 1 unspecified atom stereocenters. The lowest BCUT2D eigenvalue weighted by Gasteiger charge is -2.36. The number of benzene rings is 1. The first-order valence-electron chi connectivity index (χ1n) is 12.1. The lowest BCUT2D eigenvalue weighted by molar-refractivity contribution is -0.147. The monoisotopic (exact) mass is 473 g/mol. The Hall–Kier alpha value is -2.48. The first kappa shape index (κ1) is 25.1. The van der Waals surface area contributed by atoms with E-state index in [0.717, 1.165) is 12.8 Å². The second kappa shape index (κ2) is 13.3. The third-order valence-electron chi connectivity index (χ3n) is 6.42. The summed E-state index contributed by atoms with van der Waals surface area (Å²) >= 11 is 5.43. The summed E-state index contributed by atoms with van der Waals surface area (Å²) in [6.45, 7) is 1.16. The fraction of sp³-hybridized carbons (Fsp3) is 0.600. The summed E-state index contributed by atoms with van der Waals surface area (Å²) in [4.78, 5) is 38.9. The van der Waals surface area contributed by atoms with Crippen LogP contribution in [-0.4, -0.2) is 53.5 Å². The number of nitrogens with zero attached hydrogens (tertiary/aromatic N) is 1. The number of carbonyl (C=O) groups excluding carboxylic acids is 3. The van der Waals surface area contributed by atoms with Crippen molar-refractivity contribution in [2.75, 3.05) is 19.7 Å². The third-order valence-corrected chi connectivity index (χ3v) is 6.75. The van der Waals surface area contributed by atoms with Crippen molar-refractivity contribution in [3.8, 4) is 0 Å². The van der Waals surface area contributed by atoms with Gasteiger partial charge in [0.15, 0.2) is 5.11 Å². The molecule has 33 heavy (non-hydrogen) atoms. The van der Waals surface area contributed by atoms with E-state index in [9.17, 15) is 14.4 Å². The van der Waals surface area contributed by atoms with E-state index in [-0.39, 0.29) is 23.3 Å². The van der Waals surface area contributed by atoms with E-state index in [1.807, 2.05) is 30.3 Å². The van der Waals surface area contributed by atoms with Crippen LogP contribution < -0.4 is 10.6 Å². The van der Waals surface area contributed by atoms with Gasteiger partial charge in [0.2, 0.25) is 11.8 Å². The van der Waals surface area contributed by atoms with Crippen molar-refractivity contribution >= 4 is 35.1 Å². The maximum atomic E-state index is 12.4. The molecule has 1 heterocycles. The highest BCUT2D eigenvalue weighted by atomic mass is 32.1. The summed E-state index contributed by atoms with van der Waals surface area (Å²) in [5.41, 5.74) is 1.19. The summed E-state index contributed by atoms with van der Waals surface area (Å²) < 4.78 is 5.35. The second-order valence-corrected chi connectivity index (χ2v) is 9.30. The number of piperazine rings is 1. The van der Waals surface area contributed by atoms with E-state index < -0.39 is 12.0 Å². The van der Waals surface area contributed by atoms with E-state index in [1.54, 1.807) is 4.90 Å². The third kappa shape index (κ3) is 8.42. The molecule has 2 N–H and O–H groups in total. The Balaban J connectivity index is 1.42. The molecule has 1 atom stereocenters. The smallest absolute Gasteiger partial charge is 0.308 e. The van der Waals surface area contributed by atoms with E-state index in [1.165, 1.54) is 37.7 Å². The zero-order valence-corrected chi connectivity index (χ0v) is 20.0. The number of carbonyl (C=O) groups is 3. The Morgan fingerprint density at radius 1 is 1.15 bits per heavy atom. The van der Waals surface area contributed by atoms with Gasteiger partial charge in [-0.25, -0.2) is 0 Å². The van der Waals surface area contributed by atoms with Gasteiger partial charge < -0.3 is 20.3 Å². The molecular formula is C25H35N3O4S. The van der Waals surface area contributed by atoms with E-state index in [4.69, 9.17) is 17.0 Å². The van der Waals surface area contributed by atoms with Gasteiger partial charge in [0, 0.05) is 19.5 Å². The Morgan fingerprint density at radius 2 is 1.91 bits per heavy atom. The number of rotatable bonds is 9. The molecule has 3 rings (SSSR count). The van der Waals surface area contributed by atoms with Crippen LogP contribution in [0.5, 0.6) is 0 Å². The Labute approximate surface area is 201 Å². The van der Waals surface area contributed by atoms with Crippen molar-refractivity contribution < 1.29 is 19.1 Å². The van der Waals surface area contributed by atoms with Gasteiger partial charge in [0.1, 0.15) is 6.04 Å². The van der Waals surface area contributed by atoms with Crippen LogP contribution in [0.1, 0.15) is 63.4 Å². The predicted molar refractivity (Wildman–Crippen MR) is 130 cm³/mol. The lowest BCUT2D eigenvalue weighted by atomic mass is 9.86. The SMILES string of the molecule is O=C(CCC1CCCCC1)NC(=S)N1CCNC(=O)C1CC(=O)OCCCc1ccccc1. The molecule has 8 heteroatoms. The number of ether oxygens (including phenoxy) is 1. The Kier molecular flexibility index (Phi) is 10.1. The molecule has 180 valence electrons. The first-order valence-corrected chi connectivity index (χ1v) is 12.5. The molecule has 0 aromatic heterocycles. The average molecular weight is 474 g/mol. The molecule has 1 aliphatic carbocycles. The van der Waals surface area contributed by atoms with Crippen LogP contribution in [0.2, 0.25) is 0 Å². The molecule has 1 aromatic rings. The van der Waals surface area contributed by atoms with Crippen LogP contribution in [0.15, 0.2) is 30.3 Å². The minimum Gasteiger partial charge on any atom is -0.466 e. The molecule has 0 bridgehead atoms. The minimum atomic E-state index is -0.772. The van der Waals surface area contributed by atoms with Crippen molar-refractivity contribution in [3.05, 3.63) is 35.9 Å². The summed E-state index contributed by atoms with van der Waals surface area (Å²) in [6.07, 6.45) is 8.91. The fourth-order valence-corrected chi connectivity index (χ4v) is 4.88. The number of thiocarbonyl (C=S) groups is 1. The molecule has 1 aromatic carbocycles. The highest BCUT2D eigenvalue weighted by Crippen LogP contribution is 2.27. The quantitative estimate of drug-likeness (QED) is 0.326. The van der Waals surface area contributed by atoms with Gasteiger partial charge in [0.05, 0.1) is 13.0 Å². The fourth-order valence-electron chi connectivity index (χ4n) is 4.55. The van der Waals surface area contributed by atoms with Crippen LogP contribution in [0.25, 0.3) is 0 Å². The average Bonchev–Trinajstić information content (AvgIpc) is 2.83. The second-order valence-electron chi connectivity index (χ2n) is 8.91. The summed E-state index contributed by atoms with van der Waals surface area (Å²) in [6, 6.07) is 9.23. The first-order chi connectivity index (χ1) is 16.0. The van der Waals surface area contributed by atoms with Gasteiger partial charge in [-0.3, -0.25) is 14.4 Å². The number of hydrogen-bond acceptors (Lipinski definition) is 5. The van der Waals surface area contributed by atoms with Crippen LogP contribution in [0, 0.1) is 5.92 Å². The van der Waals surface area contributed by atoms with Gasteiger partial charge in [-0.1, -0.05) is 62.4 Å². The van der Waals surface area contributed by atoms with Crippen LogP contribution in [0.4, 0.5) is 0 Å². The summed E-state index contributed by atoms with van der Waals surface area (Å²) in [5, 5.41) is 5.75. The van der Waals surface area contributed by atoms with Gasteiger partial charge in [-0.2, -0.15) is 0 Å². The molecule has 2 amide bonds. The van der Waals surface area contributed by atoms with Gasteiger partial charge >= 0.3 is 5.97 Å². The summed E-state index contributed by atoms with van der Waals surface area (Å²) in [5.74, 6) is -0.232. The normalized spacial score (nSPS) is 19.0. The van der Waals surface area contributed by atoms with Crippen LogP contribution in [0.3, 0.4) is 0 Å². The maximum absolute atomic E-state index is 12.4. The van der Waals surface area contributed by atoms with Crippen molar-refractivity contribution in [2.24, 2.45) is 5.92 Å². The van der Waals surface area contributed by atoms with Crippen molar-refractivity contribution in [2.45, 2.75) is 70.3 Å². The Morgan fingerprint density at radius 3 is 2.67 bits per heavy atom. The molecule has 2 fully saturated rings. The highest BCUT2D eigenvalue weighted by Gasteiger charge is 2.34. The van der Waals surface area contributed by atoms with E-state index in [2.05, 4.69) is 10.6 Å². The van der Waals surface area contributed by atoms with Crippen LogP contribution >= 0.6 is 12.2 Å². The Bertz CT molecular complexity index is 811. The van der Waals surface area contributed by atoms with Crippen molar-refractivity contribution in [1.29, 1.82) is 0 Å². The zero-order valence-electron chi connectivity index (χ0n) is 19.2. The van der Waals surface area contributed by atoms with Gasteiger partial charge in [-0.15, -0.1) is 0 Å². The van der Waals surface area contributed by atoms with Crippen LogP contribution in [-0.2, 0) is 25.5 Å². The van der Waals surface area contributed by atoms with Crippen molar-refractivity contribution in [3.63, 3.8) is 0 Å². The van der Waals surface area contributed by atoms with Crippen molar-refractivity contribution in [1.82, 2.24) is 15.5 Å². The molecule has 0 radical (unpaired) electrons. The lowest BCUT2D eigenvalue weighted by Crippen LogP contribution is -2.60. The van der Waals surface area contributed by atoms with Gasteiger partial charge in [0.25, 0.3) is 0 Å². The van der Waals surface area contributed by atoms with Gasteiger partial charge in [-0.05, 0) is 43.0 Å². The minimum absolute atomic E-state index is 0.102. The molecular weight excluding hydrogens is 438 g/mol. The number of nitrogens with one attached hydrogen (secondary N) is 2. The molecule has 2 aliphatic rings. The standard InChI is InChI=1S/C25H35N3O4S/c29-22(14-13-20-10-5-2-6-11-20)27-25(33)28-16-15-26-24(31)21(28)18-23(30)32-17-7-12-19-8-3-1-4-9-19/h1,3-4,8-9,20-21H,2,5-7,10-18H2,(H,26,31)(H,27,29,33). The van der Waals surface area contributed by atoms with E-state index in [0.29, 0.717) is 38.5 Å². The largest absolute Gasteiger partial charge is 0.466 e. The zero-order chi connectivity index (χ0) is 23.5. The predicted octanol–water partition coefficient (Wildman–Crippen LogP) is 3.11. The number of esters is 1. The molecule has 7 nitrogen and oxygen atoms in total.